The molecule has 0 fully saturated rings. The first-order chi connectivity index (χ1) is 4.76. The summed E-state index contributed by atoms with van der Waals surface area (Å²) in [4.78, 5) is 10.6. The smallest absolute Gasteiger partial charge is 0.306 e. The fourth-order valence-electron chi connectivity index (χ4n) is 0.964. The van der Waals surface area contributed by atoms with Crippen LogP contribution in [0, 0.1) is 17.3 Å². The number of carboxylic acid groups (broad SMARTS) is 1. The molecule has 0 aromatic carbocycles. The topological polar surface area (TPSA) is 37.3 Å². The molecule has 11 heavy (non-hydrogen) atoms. The highest BCUT2D eigenvalue weighted by Gasteiger charge is 2.29. The second kappa shape index (κ2) is 3.24. The number of hydrogen-bond acceptors (Lipinski definition) is 1. The highest BCUT2D eigenvalue weighted by atomic mass is 16.4. The van der Waals surface area contributed by atoms with Crippen LogP contribution in [0.3, 0.4) is 0 Å². The van der Waals surface area contributed by atoms with Crippen LogP contribution in [0.5, 0.6) is 0 Å². The van der Waals surface area contributed by atoms with Gasteiger partial charge in [-0.1, -0.05) is 34.6 Å². The molecule has 0 rings (SSSR count). The molecule has 0 saturated carbocycles. The summed E-state index contributed by atoms with van der Waals surface area (Å²) in [5.74, 6) is -0.748. The van der Waals surface area contributed by atoms with Gasteiger partial charge in [0.25, 0.3) is 0 Å². The number of aliphatic carboxylic acids is 1. The molecule has 0 aromatic heterocycles. The maximum Gasteiger partial charge on any atom is 0.306 e. The molecule has 2 nitrogen and oxygen atoms in total. The molecule has 0 spiro atoms. The van der Waals surface area contributed by atoms with E-state index >= 15 is 0 Å². The van der Waals surface area contributed by atoms with Crippen molar-refractivity contribution in [3.8, 4) is 0 Å². The Morgan fingerprint density at radius 3 is 1.73 bits per heavy atom. The molecule has 0 bridgehead atoms. The lowest BCUT2D eigenvalue weighted by atomic mass is 9.75. The van der Waals surface area contributed by atoms with Crippen LogP contribution in [0.2, 0.25) is 0 Å². The molecule has 0 amide bonds. The highest BCUT2D eigenvalue weighted by molar-refractivity contribution is 5.69. The lowest BCUT2D eigenvalue weighted by molar-refractivity contribution is -0.144. The number of rotatable bonds is 2. The van der Waals surface area contributed by atoms with Crippen LogP contribution in [-0.4, -0.2) is 11.1 Å². The average molecular weight is 158 g/mol. The van der Waals surface area contributed by atoms with Crippen molar-refractivity contribution >= 4 is 5.97 Å². The van der Waals surface area contributed by atoms with Gasteiger partial charge in [-0.05, 0) is 11.3 Å². The highest BCUT2D eigenvalue weighted by Crippen LogP contribution is 2.31. The minimum Gasteiger partial charge on any atom is -0.481 e. The van der Waals surface area contributed by atoms with E-state index in [2.05, 4.69) is 20.8 Å². The van der Waals surface area contributed by atoms with Crippen molar-refractivity contribution in [2.45, 2.75) is 34.6 Å². The first-order valence-corrected chi connectivity index (χ1v) is 3.99. The molecule has 0 heterocycles. The van der Waals surface area contributed by atoms with Gasteiger partial charge < -0.3 is 5.11 Å². The van der Waals surface area contributed by atoms with Gasteiger partial charge in [-0.15, -0.1) is 0 Å². The van der Waals surface area contributed by atoms with Crippen molar-refractivity contribution in [2.75, 3.05) is 0 Å². The Hall–Kier alpha value is -0.530. The molecule has 66 valence electrons. The molecule has 0 unspecified atom stereocenters. The molecule has 2 heteroatoms. The Bertz CT molecular complexity index is 144. The molecule has 0 aromatic rings. The van der Waals surface area contributed by atoms with Gasteiger partial charge in [0.1, 0.15) is 0 Å². The fraction of sp³-hybridized carbons (Fsp3) is 0.889. The van der Waals surface area contributed by atoms with Gasteiger partial charge in [0, 0.05) is 0 Å². The fourth-order valence-corrected chi connectivity index (χ4v) is 0.964. The zero-order chi connectivity index (χ0) is 9.23. The van der Waals surface area contributed by atoms with Gasteiger partial charge >= 0.3 is 5.97 Å². The Morgan fingerprint density at radius 1 is 1.27 bits per heavy atom. The summed E-state index contributed by atoms with van der Waals surface area (Å²) in [6.07, 6.45) is 0. The summed E-state index contributed by atoms with van der Waals surface area (Å²) >= 11 is 0. The first-order valence-electron chi connectivity index (χ1n) is 3.99. The lowest BCUT2D eigenvalue weighted by Crippen LogP contribution is -2.28. The quantitative estimate of drug-likeness (QED) is 0.670. The molecule has 1 N–H and O–H groups in total. The van der Waals surface area contributed by atoms with Gasteiger partial charge in [-0.25, -0.2) is 0 Å². The summed E-state index contributed by atoms with van der Waals surface area (Å²) in [6, 6.07) is 0. The lowest BCUT2D eigenvalue weighted by Gasteiger charge is -2.30. The van der Waals surface area contributed by atoms with Crippen LogP contribution >= 0.6 is 0 Å². The molecule has 0 saturated heterocycles. The van der Waals surface area contributed by atoms with Crippen molar-refractivity contribution in [3.63, 3.8) is 0 Å². The van der Waals surface area contributed by atoms with E-state index in [1.807, 2.05) is 6.92 Å². The van der Waals surface area contributed by atoms with Crippen LogP contribution in [0.25, 0.3) is 0 Å². The number of carbonyl (C=O) groups is 1. The second-order valence-corrected chi connectivity index (χ2v) is 4.28. The van der Waals surface area contributed by atoms with E-state index in [1.54, 1.807) is 6.92 Å². The van der Waals surface area contributed by atoms with Gasteiger partial charge in [-0.3, -0.25) is 4.79 Å². The molecular weight excluding hydrogens is 140 g/mol. The van der Waals surface area contributed by atoms with Gasteiger partial charge in [0.05, 0.1) is 5.92 Å². The third-order valence-electron chi connectivity index (χ3n) is 2.51. The summed E-state index contributed by atoms with van der Waals surface area (Å²) in [5.41, 5.74) is 0.0812. The van der Waals surface area contributed by atoms with E-state index in [0.29, 0.717) is 0 Å². The van der Waals surface area contributed by atoms with E-state index < -0.39 is 5.97 Å². The van der Waals surface area contributed by atoms with Crippen molar-refractivity contribution < 1.29 is 9.90 Å². The van der Waals surface area contributed by atoms with Crippen molar-refractivity contribution in [3.05, 3.63) is 0 Å². The van der Waals surface area contributed by atoms with Crippen LogP contribution in [0.4, 0.5) is 0 Å². The van der Waals surface area contributed by atoms with Crippen LogP contribution < -0.4 is 0 Å². The van der Waals surface area contributed by atoms with Crippen molar-refractivity contribution in [1.29, 1.82) is 0 Å². The largest absolute Gasteiger partial charge is 0.481 e. The second-order valence-electron chi connectivity index (χ2n) is 4.28. The first kappa shape index (κ1) is 10.5. The minimum atomic E-state index is -0.701. The molecule has 2 atom stereocenters. The predicted molar refractivity (Wildman–Crippen MR) is 45.4 cm³/mol. The van der Waals surface area contributed by atoms with Crippen molar-refractivity contribution in [2.24, 2.45) is 17.3 Å². The van der Waals surface area contributed by atoms with E-state index in [0.717, 1.165) is 0 Å². The summed E-state index contributed by atoms with van der Waals surface area (Å²) in [7, 11) is 0. The Balaban J connectivity index is 4.25. The molecule has 0 aliphatic rings. The SMILES string of the molecule is C[C@H]([C@@H](C)C(=O)O)C(C)(C)C. The third-order valence-corrected chi connectivity index (χ3v) is 2.51. The Kier molecular flexibility index (Phi) is 3.09. The number of hydrogen-bond donors (Lipinski definition) is 1. The van der Waals surface area contributed by atoms with E-state index in [-0.39, 0.29) is 17.3 Å². The molecule has 0 aliphatic heterocycles. The van der Waals surface area contributed by atoms with E-state index in [4.69, 9.17) is 5.11 Å². The molecule has 0 aliphatic carbocycles. The normalized spacial score (nSPS) is 17.5. The number of carboxylic acids is 1. The van der Waals surface area contributed by atoms with Crippen LogP contribution in [-0.2, 0) is 4.79 Å². The zero-order valence-electron chi connectivity index (χ0n) is 8.01. The standard InChI is InChI=1S/C9H18O2/c1-6(8(10)11)7(2)9(3,4)5/h6-7H,1-5H3,(H,10,11)/t6-,7-/m1/s1. The monoisotopic (exact) mass is 158 g/mol. The average Bonchev–Trinajstić information content (AvgIpc) is 1.82. The predicted octanol–water partition coefficient (Wildman–Crippen LogP) is 2.39. The summed E-state index contributed by atoms with van der Waals surface area (Å²) < 4.78 is 0. The van der Waals surface area contributed by atoms with E-state index in [1.165, 1.54) is 0 Å². The minimum absolute atomic E-state index is 0.0812. The van der Waals surface area contributed by atoms with Crippen LogP contribution in [0.15, 0.2) is 0 Å². The molecular formula is C9H18O2. The molecule has 0 radical (unpaired) electrons. The van der Waals surface area contributed by atoms with Crippen molar-refractivity contribution in [1.82, 2.24) is 0 Å². The van der Waals surface area contributed by atoms with Gasteiger partial charge in [-0.2, -0.15) is 0 Å². The van der Waals surface area contributed by atoms with E-state index in [9.17, 15) is 4.79 Å². The maximum absolute atomic E-state index is 10.6. The van der Waals surface area contributed by atoms with Gasteiger partial charge in [0.2, 0.25) is 0 Å². The Morgan fingerprint density at radius 2 is 1.64 bits per heavy atom. The third kappa shape index (κ3) is 2.91. The summed E-state index contributed by atoms with van der Waals surface area (Å²) in [6.45, 7) is 9.95. The Labute approximate surface area is 68.6 Å². The zero-order valence-corrected chi connectivity index (χ0v) is 8.01. The van der Waals surface area contributed by atoms with Crippen LogP contribution in [0.1, 0.15) is 34.6 Å². The van der Waals surface area contributed by atoms with Gasteiger partial charge in [0.15, 0.2) is 0 Å². The summed E-state index contributed by atoms with van der Waals surface area (Å²) in [5, 5.41) is 8.72. The maximum atomic E-state index is 10.6.